The van der Waals surface area contributed by atoms with Gasteiger partial charge in [0, 0.05) is 0 Å². The van der Waals surface area contributed by atoms with Crippen molar-refractivity contribution in [1.29, 1.82) is 0 Å². The van der Waals surface area contributed by atoms with Crippen LogP contribution in [0.3, 0.4) is 0 Å². The minimum atomic E-state index is -0.975. The standard InChI is InChI=1S/C16H22O6/c1-15(2,3)10-8-7-9(13(17)21-19)12(16(4,5)6)11(10)14(18)22-20/h7-8,19-20H,1-6H3. The second-order valence-electron chi connectivity index (χ2n) is 7.17. The third kappa shape index (κ3) is 3.45. The number of hydrogen-bond donors (Lipinski definition) is 2. The maximum absolute atomic E-state index is 12.1. The summed E-state index contributed by atoms with van der Waals surface area (Å²) in [4.78, 5) is 31.7. The van der Waals surface area contributed by atoms with E-state index >= 15 is 0 Å². The first-order chi connectivity index (χ1) is 9.95. The molecule has 0 fully saturated rings. The maximum Gasteiger partial charge on any atom is 0.373 e. The number of rotatable bonds is 2. The summed E-state index contributed by atoms with van der Waals surface area (Å²) in [6, 6.07) is 3.08. The highest BCUT2D eigenvalue weighted by molar-refractivity contribution is 5.99. The van der Waals surface area contributed by atoms with Gasteiger partial charge in [0.15, 0.2) is 0 Å². The van der Waals surface area contributed by atoms with Crippen LogP contribution in [-0.4, -0.2) is 22.5 Å². The molecule has 0 atom stereocenters. The van der Waals surface area contributed by atoms with Gasteiger partial charge >= 0.3 is 11.9 Å². The zero-order chi connectivity index (χ0) is 17.3. The van der Waals surface area contributed by atoms with Gasteiger partial charge in [0.25, 0.3) is 0 Å². The van der Waals surface area contributed by atoms with Crippen molar-refractivity contribution in [2.24, 2.45) is 0 Å². The van der Waals surface area contributed by atoms with Crippen molar-refractivity contribution in [2.45, 2.75) is 52.4 Å². The molecule has 122 valence electrons. The third-order valence-corrected chi connectivity index (χ3v) is 3.35. The van der Waals surface area contributed by atoms with Crippen molar-refractivity contribution in [2.75, 3.05) is 0 Å². The molecule has 0 unspecified atom stereocenters. The lowest BCUT2D eigenvalue weighted by atomic mass is 9.74. The Kier molecular flexibility index (Phi) is 4.99. The molecule has 22 heavy (non-hydrogen) atoms. The van der Waals surface area contributed by atoms with Crippen molar-refractivity contribution in [3.8, 4) is 0 Å². The zero-order valence-corrected chi connectivity index (χ0v) is 13.7. The zero-order valence-electron chi connectivity index (χ0n) is 13.7. The first kappa shape index (κ1) is 18.1. The molecule has 0 saturated carbocycles. The van der Waals surface area contributed by atoms with Gasteiger partial charge in [-0.25, -0.2) is 9.59 Å². The summed E-state index contributed by atoms with van der Waals surface area (Å²) in [6.45, 7) is 11.1. The van der Waals surface area contributed by atoms with Gasteiger partial charge in [-0.2, -0.15) is 10.5 Å². The van der Waals surface area contributed by atoms with Crippen LogP contribution in [0.25, 0.3) is 0 Å². The molecule has 0 heterocycles. The Morgan fingerprint density at radius 2 is 1.36 bits per heavy atom. The molecule has 0 bridgehead atoms. The van der Waals surface area contributed by atoms with E-state index in [4.69, 9.17) is 10.5 Å². The fourth-order valence-corrected chi connectivity index (χ4v) is 2.48. The van der Waals surface area contributed by atoms with Crippen LogP contribution in [0.1, 0.15) is 73.4 Å². The summed E-state index contributed by atoms with van der Waals surface area (Å²) in [5, 5.41) is 17.5. The second kappa shape index (κ2) is 6.06. The van der Waals surface area contributed by atoms with Crippen LogP contribution < -0.4 is 0 Å². The Balaban J connectivity index is 3.91. The van der Waals surface area contributed by atoms with E-state index in [1.54, 1.807) is 26.8 Å². The van der Waals surface area contributed by atoms with Crippen LogP contribution in [-0.2, 0) is 20.6 Å². The van der Waals surface area contributed by atoms with Gasteiger partial charge in [0.05, 0.1) is 11.1 Å². The van der Waals surface area contributed by atoms with Gasteiger partial charge in [0.2, 0.25) is 0 Å². The fourth-order valence-electron chi connectivity index (χ4n) is 2.48. The molecule has 0 saturated heterocycles. The van der Waals surface area contributed by atoms with Gasteiger partial charge in [-0.15, -0.1) is 0 Å². The Morgan fingerprint density at radius 3 is 1.73 bits per heavy atom. The SMILES string of the molecule is CC(C)(C)c1ccc(C(=O)OO)c(C(C)(C)C)c1C(=O)OO. The summed E-state index contributed by atoms with van der Waals surface area (Å²) in [5.41, 5.74) is 0.0530. The molecule has 0 aliphatic heterocycles. The summed E-state index contributed by atoms with van der Waals surface area (Å²) in [7, 11) is 0. The van der Waals surface area contributed by atoms with Gasteiger partial charge in [-0.3, -0.25) is 9.78 Å². The highest BCUT2D eigenvalue weighted by Gasteiger charge is 2.34. The van der Waals surface area contributed by atoms with Gasteiger partial charge in [-0.1, -0.05) is 47.6 Å². The summed E-state index contributed by atoms with van der Waals surface area (Å²) in [5.74, 6) is -1.93. The largest absolute Gasteiger partial charge is 0.373 e. The topological polar surface area (TPSA) is 93.1 Å². The van der Waals surface area contributed by atoms with E-state index in [0.29, 0.717) is 11.1 Å². The average molecular weight is 310 g/mol. The maximum atomic E-state index is 12.1. The van der Waals surface area contributed by atoms with E-state index in [1.807, 2.05) is 20.8 Å². The third-order valence-electron chi connectivity index (χ3n) is 3.35. The molecule has 0 aromatic heterocycles. The molecule has 2 N–H and O–H groups in total. The van der Waals surface area contributed by atoms with E-state index in [0.717, 1.165) is 0 Å². The number of benzene rings is 1. The van der Waals surface area contributed by atoms with Crippen molar-refractivity contribution >= 4 is 11.9 Å². The van der Waals surface area contributed by atoms with Crippen molar-refractivity contribution in [3.63, 3.8) is 0 Å². The van der Waals surface area contributed by atoms with Crippen molar-refractivity contribution in [3.05, 3.63) is 34.4 Å². The molecule has 1 rings (SSSR count). The normalized spacial score (nSPS) is 12.0. The number of hydrogen-bond acceptors (Lipinski definition) is 6. The van der Waals surface area contributed by atoms with Crippen molar-refractivity contribution in [1.82, 2.24) is 0 Å². The monoisotopic (exact) mass is 310 g/mol. The highest BCUT2D eigenvalue weighted by atomic mass is 17.1. The molecular weight excluding hydrogens is 288 g/mol. The van der Waals surface area contributed by atoms with Crippen LogP contribution >= 0.6 is 0 Å². The summed E-state index contributed by atoms with van der Waals surface area (Å²) >= 11 is 0. The lowest BCUT2D eigenvalue weighted by molar-refractivity contribution is -0.183. The molecular formula is C16H22O6. The predicted octanol–water partition coefficient (Wildman–Crippen LogP) is 3.54. The van der Waals surface area contributed by atoms with E-state index in [9.17, 15) is 9.59 Å². The number of carbonyl (C=O) groups is 2. The molecule has 0 spiro atoms. The predicted molar refractivity (Wildman–Crippen MR) is 79.9 cm³/mol. The number of carbonyl (C=O) groups excluding carboxylic acids is 2. The van der Waals surface area contributed by atoms with Crippen LogP contribution in [0, 0.1) is 0 Å². The first-order valence-corrected chi connectivity index (χ1v) is 6.84. The van der Waals surface area contributed by atoms with Crippen LogP contribution in [0.5, 0.6) is 0 Å². The Labute approximate surface area is 129 Å². The van der Waals surface area contributed by atoms with Crippen LogP contribution in [0.4, 0.5) is 0 Å². The molecule has 0 amide bonds. The Hall–Kier alpha value is -1.92. The van der Waals surface area contributed by atoms with E-state index < -0.39 is 22.8 Å². The van der Waals surface area contributed by atoms with Gasteiger partial charge < -0.3 is 0 Å². The average Bonchev–Trinajstić information content (AvgIpc) is 2.41. The molecule has 6 heteroatoms. The van der Waals surface area contributed by atoms with Crippen molar-refractivity contribution < 1.29 is 29.9 Å². The second-order valence-corrected chi connectivity index (χ2v) is 7.17. The molecule has 1 aromatic rings. The minimum absolute atomic E-state index is 0.0448. The minimum Gasteiger partial charge on any atom is -0.295 e. The van der Waals surface area contributed by atoms with Crippen LogP contribution in [0.2, 0.25) is 0 Å². The van der Waals surface area contributed by atoms with Gasteiger partial charge in [0.1, 0.15) is 0 Å². The first-order valence-electron chi connectivity index (χ1n) is 6.84. The summed E-state index contributed by atoms with van der Waals surface area (Å²) in [6.07, 6.45) is 0. The highest BCUT2D eigenvalue weighted by Crippen LogP contribution is 2.37. The summed E-state index contributed by atoms with van der Waals surface area (Å²) < 4.78 is 0. The molecule has 1 aromatic carbocycles. The van der Waals surface area contributed by atoms with Crippen LogP contribution in [0.15, 0.2) is 12.1 Å². The Bertz CT molecular complexity index is 590. The Morgan fingerprint density at radius 1 is 0.864 bits per heavy atom. The molecule has 0 aliphatic rings. The smallest absolute Gasteiger partial charge is 0.295 e. The molecule has 0 aliphatic carbocycles. The fraction of sp³-hybridized carbons (Fsp3) is 0.500. The lowest BCUT2D eigenvalue weighted by Crippen LogP contribution is -2.27. The van der Waals surface area contributed by atoms with E-state index in [1.165, 1.54) is 6.07 Å². The molecule has 6 nitrogen and oxygen atoms in total. The van der Waals surface area contributed by atoms with E-state index in [-0.39, 0.29) is 11.1 Å². The molecule has 0 radical (unpaired) electrons. The van der Waals surface area contributed by atoms with Gasteiger partial charge in [-0.05, 0) is 28.0 Å². The van der Waals surface area contributed by atoms with E-state index in [2.05, 4.69) is 9.78 Å². The quantitative estimate of drug-likeness (QED) is 0.641. The lowest BCUT2D eigenvalue weighted by Gasteiger charge is -2.29.